The Bertz CT molecular complexity index is 1030. The molecule has 3 nitrogen and oxygen atoms in total. The predicted molar refractivity (Wildman–Crippen MR) is 131 cm³/mol. The van der Waals surface area contributed by atoms with Crippen LogP contribution < -0.4 is 9.30 Å². The topological polar surface area (TPSA) is 16.4 Å². The molecule has 2 aliphatic heterocycles. The van der Waals surface area contributed by atoms with E-state index in [1.165, 1.54) is 69.9 Å². The lowest BCUT2D eigenvalue weighted by Gasteiger charge is -2.26. The Morgan fingerprint density at radius 2 is 1.77 bits per heavy atom. The van der Waals surface area contributed by atoms with E-state index in [1.54, 1.807) is 0 Å². The lowest BCUT2D eigenvalue weighted by atomic mass is 9.98. The van der Waals surface area contributed by atoms with E-state index in [0.717, 1.165) is 38.3 Å². The molecule has 30 heavy (non-hydrogen) atoms. The van der Waals surface area contributed by atoms with Crippen LogP contribution in [0, 0.1) is 3.57 Å². The summed E-state index contributed by atoms with van der Waals surface area (Å²) >= 11 is 2.37. The lowest BCUT2D eigenvalue weighted by Crippen LogP contribution is -2.33. The van der Waals surface area contributed by atoms with Gasteiger partial charge in [0.2, 0.25) is 0 Å². The maximum atomic E-state index is 6.19. The number of fused-ring (bicyclic) bond motifs is 3. The van der Waals surface area contributed by atoms with Gasteiger partial charge < -0.3 is 9.64 Å². The van der Waals surface area contributed by atoms with Crippen LogP contribution in [0.3, 0.4) is 0 Å². The quantitative estimate of drug-likeness (QED) is 0.243. The summed E-state index contributed by atoms with van der Waals surface area (Å²) in [5.74, 6) is 1.01. The van der Waals surface area contributed by atoms with Crippen LogP contribution in [0.1, 0.15) is 37.8 Å². The monoisotopic (exact) mass is 513 g/mol. The molecule has 1 fully saturated rings. The molecule has 2 aromatic carbocycles. The molecule has 0 spiro atoms. The summed E-state index contributed by atoms with van der Waals surface area (Å²) in [5, 5.41) is 2.70. The first-order valence-electron chi connectivity index (χ1n) is 11.4. The van der Waals surface area contributed by atoms with Crippen molar-refractivity contribution in [1.82, 2.24) is 4.90 Å². The fourth-order valence-corrected chi connectivity index (χ4v) is 5.32. The molecule has 156 valence electrons. The van der Waals surface area contributed by atoms with Crippen LogP contribution in [-0.2, 0) is 13.0 Å². The highest BCUT2D eigenvalue weighted by molar-refractivity contribution is 14.1. The summed E-state index contributed by atoms with van der Waals surface area (Å²) < 4.78 is 9.92. The highest BCUT2D eigenvalue weighted by Crippen LogP contribution is 2.33. The molecule has 1 aromatic heterocycles. The van der Waals surface area contributed by atoms with Gasteiger partial charge in [-0.05, 0) is 90.8 Å². The van der Waals surface area contributed by atoms with E-state index in [1.807, 2.05) is 0 Å². The van der Waals surface area contributed by atoms with Crippen molar-refractivity contribution in [3.05, 3.63) is 57.9 Å². The summed E-state index contributed by atoms with van der Waals surface area (Å²) in [4.78, 5) is 2.59. The maximum absolute atomic E-state index is 6.19. The number of pyridine rings is 1. The smallest absolute Gasteiger partial charge is 0.189 e. The molecule has 0 N–H and O–H groups in total. The van der Waals surface area contributed by atoms with E-state index < -0.39 is 0 Å². The van der Waals surface area contributed by atoms with Crippen LogP contribution in [0.25, 0.3) is 21.9 Å². The molecule has 3 heterocycles. The Balaban J connectivity index is 1.37. The molecule has 0 aliphatic carbocycles. The number of ether oxygens (including phenoxy) is 1. The van der Waals surface area contributed by atoms with Crippen LogP contribution in [0.15, 0.2) is 48.7 Å². The zero-order valence-corrected chi connectivity index (χ0v) is 19.7. The van der Waals surface area contributed by atoms with Crippen molar-refractivity contribution in [1.29, 1.82) is 0 Å². The van der Waals surface area contributed by atoms with Gasteiger partial charge in [0.15, 0.2) is 11.9 Å². The molecule has 0 unspecified atom stereocenters. The Morgan fingerprint density at radius 1 is 0.933 bits per heavy atom. The summed E-state index contributed by atoms with van der Waals surface area (Å²) in [6.45, 7) is 5.61. The van der Waals surface area contributed by atoms with Gasteiger partial charge in [0.25, 0.3) is 0 Å². The largest absolute Gasteiger partial charge is 0.494 e. The molecule has 4 heteroatoms. The number of hydrogen-bond acceptors (Lipinski definition) is 2. The average molecular weight is 513 g/mol. The van der Waals surface area contributed by atoms with Gasteiger partial charge in [-0.25, -0.2) is 4.57 Å². The molecule has 2 aliphatic rings. The zero-order valence-electron chi connectivity index (χ0n) is 17.6. The fraction of sp³-hybridized carbons (Fsp3) is 0.423. The molecule has 0 atom stereocenters. The van der Waals surface area contributed by atoms with Gasteiger partial charge in [-0.15, -0.1) is 0 Å². The summed E-state index contributed by atoms with van der Waals surface area (Å²) in [5.41, 5.74) is 4.07. The van der Waals surface area contributed by atoms with Crippen LogP contribution in [0.5, 0.6) is 5.75 Å². The first-order chi connectivity index (χ1) is 14.8. The van der Waals surface area contributed by atoms with E-state index in [9.17, 15) is 0 Å². The Morgan fingerprint density at radius 3 is 2.60 bits per heavy atom. The maximum Gasteiger partial charge on any atom is 0.189 e. The minimum atomic E-state index is 0.800. The van der Waals surface area contributed by atoms with Crippen molar-refractivity contribution in [2.75, 3.05) is 26.2 Å². The van der Waals surface area contributed by atoms with Gasteiger partial charge in [-0.1, -0.05) is 18.6 Å². The van der Waals surface area contributed by atoms with Gasteiger partial charge >= 0.3 is 0 Å². The van der Waals surface area contributed by atoms with Crippen molar-refractivity contribution in [2.24, 2.45) is 0 Å². The number of aryl methyl sites for hydroxylation is 2. The zero-order chi connectivity index (χ0) is 20.3. The highest BCUT2D eigenvalue weighted by Gasteiger charge is 2.25. The molecule has 0 radical (unpaired) electrons. The van der Waals surface area contributed by atoms with Gasteiger partial charge in [-0.3, -0.25) is 0 Å². The molecule has 0 bridgehead atoms. The molecule has 1 saturated heterocycles. The van der Waals surface area contributed by atoms with Crippen LogP contribution >= 0.6 is 22.6 Å². The minimum absolute atomic E-state index is 0.800. The first kappa shape index (κ1) is 20.3. The second-order valence-electron chi connectivity index (χ2n) is 8.61. The van der Waals surface area contributed by atoms with E-state index in [4.69, 9.17) is 4.74 Å². The number of likely N-dealkylation sites (tertiary alicyclic amines) is 1. The number of rotatable bonds is 6. The molecular weight excluding hydrogens is 483 g/mol. The van der Waals surface area contributed by atoms with E-state index in [0.29, 0.717) is 0 Å². The van der Waals surface area contributed by atoms with Gasteiger partial charge in [0.05, 0.1) is 17.6 Å². The second-order valence-corrected chi connectivity index (χ2v) is 9.85. The normalized spacial score (nSPS) is 16.7. The van der Waals surface area contributed by atoms with Gasteiger partial charge in [0.1, 0.15) is 12.3 Å². The Hall–Kier alpha value is -1.66. The van der Waals surface area contributed by atoms with Crippen molar-refractivity contribution in [2.45, 2.75) is 45.1 Å². The van der Waals surface area contributed by atoms with Crippen LogP contribution in [0.2, 0.25) is 0 Å². The third-order valence-corrected chi connectivity index (χ3v) is 7.25. The fourth-order valence-electron chi connectivity index (χ4n) is 4.96. The number of hydrogen-bond donors (Lipinski definition) is 0. The van der Waals surface area contributed by atoms with Crippen LogP contribution in [-0.4, -0.2) is 31.1 Å². The highest BCUT2D eigenvalue weighted by atomic mass is 127. The number of halogens is 1. The molecule has 0 saturated carbocycles. The third kappa shape index (κ3) is 4.35. The van der Waals surface area contributed by atoms with Crippen molar-refractivity contribution in [3.63, 3.8) is 0 Å². The van der Waals surface area contributed by atoms with E-state index in [2.05, 4.69) is 80.7 Å². The lowest BCUT2D eigenvalue weighted by molar-refractivity contribution is -0.688. The van der Waals surface area contributed by atoms with E-state index in [-0.39, 0.29) is 0 Å². The van der Waals surface area contributed by atoms with E-state index >= 15 is 0 Å². The number of benzene rings is 2. The number of nitrogens with zero attached hydrogens (tertiary/aromatic N) is 2. The SMILES string of the molecule is Ic1ccc(-c2c[n+]3c(c4cc(OCCCN5CCCCC5)ccc24)CCC3)cc1. The Kier molecular flexibility index (Phi) is 6.23. The number of aromatic nitrogens is 1. The second kappa shape index (κ2) is 9.23. The molecular formula is C26H30IN2O+. The Labute approximate surface area is 193 Å². The summed E-state index contributed by atoms with van der Waals surface area (Å²) in [7, 11) is 0. The van der Waals surface area contributed by atoms with Gasteiger partial charge in [0, 0.05) is 28.3 Å². The predicted octanol–water partition coefficient (Wildman–Crippen LogP) is 5.60. The molecule has 3 aromatic rings. The summed E-state index contributed by atoms with van der Waals surface area (Å²) in [6, 6.07) is 15.6. The molecule has 5 rings (SSSR count). The van der Waals surface area contributed by atoms with Crippen molar-refractivity contribution < 1.29 is 9.30 Å². The standard InChI is InChI=1S/C26H30IN2O/c27-21-9-7-20(8-10-21)25-19-29-16-4-6-26(29)24-18-22(11-12-23(24)25)30-17-5-15-28-13-2-1-3-14-28/h7-12,18-19H,1-6,13-17H2/q+1. The molecule has 0 amide bonds. The first-order valence-corrected chi connectivity index (χ1v) is 12.5. The van der Waals surface area contributed by atoms with Crippen LogP contribution in [0.4, 0.5) is 0 Å². The van der Waals surface area contributed by atoms with Gasteiger partial charge in [-0.2, -0.15) is 0 Å². The summed E-state index contributed by atoms with van der Waals surface area (Å²) in [6.07, 6.45) is 9.96. The van der Waals surface area contributed by atoms with Crippen molar-refractivity contribution >= 4 is 33.4 Å². The average Bonchev–Trinajstić information content (AvgIpc) is 3.26. The third-order valence-electron chi connectivity index (χ3n) is 6.53. The van der Waals surface area contributed by atoms with Crippen molar-refractivity contribution in [3.8, 4) is 16.9 Å². The minimum Gasteiger partial charge on any atom is -0.494 e. The number of piperidine rings is 1.